The van der Waals surface area contributed by atoms with E-state index in [1.807, 2.05) is 12.1 Å². The van der Waals surface area contributed by atoms with Gasteiger partial charge in [0.1, 0.15) is 0 Å². The van der Waals surface area contributed by atoms with Gasteiger partial charge in [0.15, 0.2) is 11.6 Å². The molecule has 0 saturated carbocycles. The van der Waals surface area contributed by atoms with Crippen molar-refractivity contribution in [3.63, 3.8) is 0 Å². The van der Waals surface area contributed by atoms with Gasteiger partial charge in [-0.2, -0.15) is 0 Å². The summed E-state index contributed by atoms with van der Waals surface area (Å²) in [7, 11) is 0. The highest BCUT2D eigenvalue weighted by molar-refractivity contribution is 9.10. The van der Waals surface area contributed by atoms with Gasteiger partial charge in [-0.1, -0.05) is 39.7 Å². The first kappa shape index (κ1) is 13.2. The van der Waals surface area contributed by atoms with Crippen LogP contribution in [0.1, 0.15) is 5.56 Å². The Bertz CT molecular complexity index is 575. The highest BCUT2D eigenvalue weighted by Crippen LogP contribution is 2.27. The SMILES string of the molecule is Oc1c(F)cccc1CNc1cc(Br)ccc1Cl. The molecule has 2 aromatic rings. The molecule has 0 amide bonds. The van der Waals surface area contributed by atoms with E-state index in [0.29, 0.717) is 17.1 Å². The lowest BCUT2D eigenvalue weighted by Gasteiger charge is -2.10. The zero-order valence-electron chi connectivity index (χ0n) is 9.25. The molecule has 0 bridgehead atoms. The lowest BCUT2D eigenvalue weighted by Crippen LogP contribution is -2.01. The summed E-state index contributed by atoms with van der Waals surface area (Å²) < 4.78 is 14.0. The number of hydrogen-bond donors (Lipinski definition) is 2. The van der Waals surface area contributed by atoms with Crippen molar-refractivity contribution >= 4 is 33.2 Å². The van der Waals surface area contributed by atoms with E-state index in [-0.39, 0.29) is 5.75 Å². The maximum absolute atomic E-state index is 13.1. The second-order valence-electron chi connectivity index (χ2n) is 3.73. The van der Waals surface area contributed by atoms with E-state index in [9.17, 15) is 9.50 Å². The number of phenols is 1. The molecule has 2 aromatic carbocycles. The number of nitrogens with one attached hydrogen (secondary N) is 1. The van der Waals surface area contributed by atoms with Gasteiger partial charge in [-0.25, -0.2) is 4.39 Å². The van der Waals surface area contributed by atoms with Crippen LogP contribution in [0, 0.1) is 5.82 Å². The monoisotopic (exact) mass is 329 g/mol. The molecule has 0 unspecified atom stereocenters. The van der Waals surface area contributed by atoms with Gasteiger partial charge in [0, 0.05) is 16.6 Å². The number of halogens is 3. The van der Waals surface area contributed by atoms with Gasteiger partial charge in [0.05, 0.1) is 10.7 Å². The van der Waals surface area contributed by atoms with Crippen LogP contribution in [-0.4, -0.2) is 5.11 Å². The number of para-hydroxylation sites is 1. The Morgan fingerprint density at radius 1 is 1.28 bits per heavy atom. The molecule has 0 saturated heterocycles. The highest BCUT2D eigenvalue weighted by atomic mass is 79.9. The van der Waals surface area contributed by atoms with Gasteiger partial charge < -0.3 is 10.4 Å². The van der Waals surface area contributed by atoms with Crippen LogP contribution < -0.4 is 5.32 Å². The molecule has 0 aliphatic rings. The van der Waals surface area contributed by atoms with Gasteiger partial charge in [0.2, 0.25) is 0 Å². The lowest BCUT2D eigenvalue weighted by molar-refractivity contribution is 0.427. The predicted octanol–water partition coefficient (Wildman–Crippen LogP) is 4.56. The molecule has 0 radical (unpaired) electrons. The molecule has 0 aliphatic carbocycles. The maximum atomic E-state index is 13.1. The zero-order valence-corrected chi connectivity index (χ0v) is 11.6. The van der Waals surface area contributed by atoms with Crippen LogP contribution in [0.15, 0.2) is 40.9 Å². The van der Waals surface area contributed by atoms with Crippen molar-refractivity contribution in [2.24, 2.45) is 0 Å². The summed E-state index contributed by atoms with van der Waals surface area (Å²) >= 11 is 9.35. The molecule has 2 rings (SSSR count). The van der Waals surface area contributed by atoms with Crippen LogP contribution in [0.5, 0.6) is 5.75 Å². The van der Waals surface area contributed by atoms with Crippen molar-refractivity contribution in [3.05, 3.63) is 57.3 Å². The standard InChI is InChI=1S/C13H10BrClFNO/c14-9-4-5-10(15)12(6-9)17-7-8-2-1-3-11(16)13(8)18/h1-6,17-18H,7H2. The highest BCUT2D eigenvalue weighted by Gasteiger charge is 2.07. The van der Waals surface area contributed by atoms with Crippen molar-refractivity contribution in [1.82, 2.24) is 0 Å². The van der Waals surface area contributed by atoms with Crippen molar-refractivity contribution in [1.29, 1.82) is 0 Å². The largest absolute Gasteiger partial charge is 0.505 e. The van der Waals surface area contributed by atoms with Gasteiger partial charge in [-0.05, 0) is 24.3 Å². The minimum atomic E-state index is -0.630. The van der Waals surface area contributed by atoms with Gasteiger partial charge >= 0.3 is 0 Å². The van der Waals surface area contributed by atoms with E-state index >= 15 is 0 Å². The molecule has 0 aromatic heterocycles. The number of hydrogen-bond acceptors (Lipinski definition) is 2. The quantitative estimate of drug-likeness (QED) is 0.864. The van der Waals surface area contributed by atoms with Crippen LogP contribution in [0.25, 0.3) is 0 Å². The summed E-state index contributed by atoms with van der Waals surface area (Å²) in [5, 5.41) is 13.2. The van der Waals surface area contributed by atoms with E-state index < -0.39 is 5.82 Å². The molecule has 0 aliphatic heterocycles. The summed E-state index contributed by atoms with van der Waals surface area (Å²) in [4.78, 5) is 0. The van der Waals surface area contributed by atoms with Crippen LogP contribution >= 0.6 is 27.5 Å². The van der Waals surface area contributed by atoms with Crippen molar-refractivity contribution < 1.29 is 9.50 Å². The summed E-state index contributed by atoms with van der Waals surface area (Å²) in [5.74, 6) is -0.967. The Hall–Kier alpha value is -1.26. The summed E-state index contributed by atoms with van der Waals surface area (Å²) in [5.41, 5.74) is 1.20. The third-order valence-electron chi connectivity index (χ3n) is 2.47. The van der Waals surface area contributed by atoms with Crippen LogP contribution in [0.4, 0.5) is 10.1 Å². The third kappa shape index (κ3) is 2.94. The molecular weight excluding hydrogens is 321 g/mol. The Morgan fingerprint density at radius 3 is 2.83 bits per heavy atom. The fourth-order valence-electron chi connectivity index (χ4n) is 1.53. The summed E-state index contributed by atoms with van der Waals surface area (Å²) in [6.07, 6.45) is 0. The van der Waals surface area contributed by atoms with Crippen molar-refractivity contribution in [3.8, 4) is 5.75 Å². The molecular formula is C13H10BrClFNO. The number of aromatic hydroxyl groups is 1. The van der Waals surface area contributed by atoms with Gasteiger partial charge in [-0.15, -0.1) is 0 Å². The molecule has 0 spiro atoms. The molecule has 5 heteroatoms. The van der Waals surface area contributed by atoms with Crippen LogP contribution in [0.2, 0.25) is 5.02 Å². The number of benzene rings is 2. The topological polar surface area (TPSA) is 32.3 Å². The average Bonchev–Trinajstić information content (AvgIpc) is 2.35. The van der Waals surface area contributed by atoms with Crippen molar-refractivity contribution in [2.75, 3.05) is 5.32 Å². The Labute approximate surface area is 118 Å². The first-order valence-corrected chi connectivity index (χ1v) is 6.40. The van der Waals surface area contributed by atoms with Crippen LogP contribution in [0.3, 0.4) is 0 Å². The molecule has 18 heavy (non-hydrogen) atoms. The molecule has 0 fully saturated rings. The molecule has 0 heterocycles. The first-order valence-electron chi connectivity index (χ1n) is 5.23. The first-order chi connectivity index (χ1) is 8.58. The smallest absolute Gasteiger partial charge is 0.165 e. The third-order valence-corrected chi connectivity index (χ3v) is 3.29. The van der Waals surface area contributed by atoms with E-state index in [1.165, 1.54) is 6.07 Å². The second-order valence-corrected chi connectivity index (χ2v) is 5.05. The lowest BCUT2D eigenvalue weighted by atomic mass is 10.2. The number of rotatable bonds is 3. The van der Waals surface area contributed by atoms with E-state index in [4.69, 9.17) is 11.6 Å². The number of phenolic OH excluding ortho intramolecular Hbond substituents is 1. The van der Waals surface area contributed by atoms with E-state index in [2.05, 4.69) is 21.2 Å². The Balaban J connectivity index is 2.16. The fourth-order valence-corrected chi connectivity index (χ4v) is 2.07. The minimum Gasteiger partial charge on any atom is -0.505 e. The maximum Gasteiger partial charge on any atom is 0.165 e. The Morgan fingerprint density at radius 2 is 2.06 bits per heavy atom. The van der Waals surface area contributed by atoms with Gasteiger partial charge in [0.25, 0.3) is 0 Å². The van der Waals surface area contributed by atoms with Gasteiger partial charge in [-0.3, -0.25) is 0 Å². The second kappa shape index (κ2) is 5.59. The fraction of sp³-hybridized carbons (Fsp3) is 0.0769. The van der Waals surface area contributed by atoms with E-state index in [1.54, 1.807) is 18.2 Å². The molecule has 2 nitrogen and oxygen atoms in total. The molecule has 2 N–H and O–H groups in total. The molecule has 0 atom stereocenters. The summed E-state index contributed by atoms with van der Waals surface area (Å²) in [6.45, 7) is 0.291. The van der Waals surface area contributed by atoms with Crippen LogP contribution in [-0.2, 0) is 6.54 Å². The summed E-state index contributed by atoms with van der Waals surface area (Å²) in [6, 6.07) is 9.81. The molecule has 94 valence electrons. The zero-order chi connectivity index (χ0) is 13.1. The number of anilines is 1. The minimum absolute atomic E-state index is 0.291. The van der Waals surface area contributed by atoms with Crippen molar-refractivity contribution in [2.45, 2.75) is 6.54 Å². The van der Waals surface area contributed by atoms with E-state index in [0.717, 1.165) is 10.2 Å². The average molecular weight is 331 g/mol. The predicted molar refractivity (Wildman–Crippen MR) is 74.5 cm³/mol. The normalized spacial score (nSPS) is 10.4. The Kier molecular flexibility index (Phi) is 4.09.